The first-order chi connectivity index (χ1) is 15.4. The number of benzene rings is 1. The van der Waals surface area contributed by atoms with E-state index in [1.807, 2.05) is 6.92 Å². The Hall–Kier alpha value is -2.50. The summed E-state index contributed by atoms with van der Waals surface area (Å²) in [6, 6.07) is 8.95. The van der Waals surface area contributed by atoms with Crippen LogP contribution in [0.4, 0.5) is 0 Å². The van der Waals surface area contributed by atoms with Crippen LogP contribution in [0.15, 0.2) is 40.5 Å². The van der Waals surface area contributed by atoms with Crippen LogP contribution >= 0.6 is 23.2 Å². The largest absolute Gasteiger partial charge is 0.440 e. The summed E-state index contributed by atoms with van der Waals surface area (Å²) in [6.45, 7) is 6.54. The minimum Gasteiger partial charge on any atom is -0.440 e. The number of allylic oxidation sites excluding steroid dienone is 1. The maximum absolute atomic E-state index is 13.7. The van der Waals surface area contributed by atoms with Gasteiger partial charge in [0.2, 0.25) is 5.88 Å². The van der Waals surface area contributed by atoms with Crippen LogP contribution in [0.3, 0.4) is 0 Å². The molecule has 32 heavy (non-hydrogen) atoms. The number of nitrogens with zero attached hydrogens (tertiary/aromatic N) is 3. The van der Waals surface area contributed by atoms with Gasteiger partial charge in [0.1, 0.15) is 17.4 Å². The number of morpholine rings is 1. The van der Waals surface area contributed by atoms with E-state index in [1.54, 1.807) is 28.8 Å². The molecule has 0 unspecified atom stereocenters. The average molecular weight is 475 g/mol. The number of hydrogen-bond acceptors (Lipinski definition) is 6. The first-order valence-electron chi connectivity index (χ1n) is 10.5. The molecule has 0 saturated carbocycles. The molecule has 2 N–H and O–H groups in total. The summed E-state index contributed by atoms with van der Waals surface area (Å²) in [5.74, 6) is -0.525. The van der Waals surface area contributed by atoms with Gasteiger partial charge in [0, 0.05) is 53.5 Å². The third-order valence-corrected chi connectivity index (χ3v) is 6.60. The smallest absolute Gasteiger partial charge is 0.258 e. The highest BCUT2D eigenvalue weighted by Gasteiger charge is 2.36. The zero-order valence-corrected chi connectivity index (χ0v) is 19.2. The van der Waals surface area contributed by atoms with Gasteiger partial charge in [-0.3, -0.25) is 9.69 Å². The Bertz CT molecular complexity index is 1140. The lowest BCUT2D eigenvalue weighted by atomic mass is 9.84. The van der Waals surface area contributed by atoms with E-state index in [9.17, 15) is 10.1 Å². The van der Waals surface area contributed by atoms with E-state index in [0.717, 1.165) is 45.0 Å². The lowest BCUT2D eigenvalue weighted by Gasteiger charge is -2.29. The molecule has 7 nitrogen and oxygen atoms in total. The predicted molar refractivity (Wildman–Crippen MR) is 123 cm³/mol. The summed E-state index contributed by atoms with van der Waals surface area (Å²) in [7, 11) is 0. The van der Waals surface area contributed by atoms with Gasteiger partial charge in [-0.25, -0.2) is 0 Å². The van der Waals surface area contributed by atoms with Gasteiger partial charge < -0.3 is 19.8 Å². The Kier molecular flexibility index (Phi) is 6.77. The molecular weight excluding hydrogens is 451 g/mol. The minimum absolute atomic E-state index is 0.0511. The van der Waals surface area contributed by atoms with Crippen LogP contribution in [-0.2, 0) is 11.3 Å². The van der Waals surface area contributed by atoms with Gasteiger partial charge in [0.05, 0.1) is 24.7 Å². The minimum atomic E-state index is -0.802. The Morgan fingerprint density at radius 2 is 1.88 bits per heavy atom. The molecule has 9 heteroatoms. The maximum atomic E-state index is 13.7. The first kappa shape index (κ1) is 22.7. The molecule has 4 rings (SSSR count). The normalized spacial score (nSPS) is 18.8. The molecule has 0 spiro atoms. The van der Waals surface area contributed by atoms with Gasteiger partial charge in [0.25, 0.3) is 5.56 Å². The fourth-order valence-corrected chi connectivity index (χ4v) is 4.93. The molecule has 1 fully saturated rings. The van der Waals surface area contributed by atoms with Crippen molar-refractivity contribution in [1.82, 2.24) is 9.47 Å². The van der Waals surface area contributed by atoms with Crippen molar-refractivity contribution in [1.29, 1.82) is 5.26 Å². The third-order valence-electron chi connectivity index (χ3n) is 5.94. The van der Waals surface area contributed by atoms with E-state index in [0.29, 0.717) is 33.5 Å². The number of ether oxygens (including phenoxy) is 2. The van der Waals surface area contributed by atoms with E-state index in [-0.39, 0.29) is 17.0 Å². The van der Waals surface area contributed by atoms with E-state index in [2.05, 4.69) is 11.0 Å². The SMILES string of the molecule is Cc1cc2c(c(=O)n1CCCN1CCOCC1)[C@@H](c1c(Cl)cccc1Cl)C(C#N)=C(N)O2. The van der Waals surface area contributed by atoms with Crippen molar-refractivity contribution in [2.75, 3.05) is 32.8 Å². The first-order valence-corrected chi connectivity index (χ1v) is 11.2. The van der Waals surface area contributed by atoms with Crippen molar-refractivity contribution in [2.45, 2.75) is 25.8 Å². The van der Waals surface area contributed by atoms with Crippen molar-refractivity contribution < 1.29 is 9.47 Å². The second kappa shape index (κ2) is 9.55. The van der Waals surface area contributed by atoms with E-state index in [1.165, 1.54) is 0 Å². The fourth-order valence-electron chi connectivity index (χ4n) is 4.32. The van der Waals surface area contributed by atoms with E-state index >= 15 is 0 Å². The summed E-state index contributed by atoms with van der Waals surface area (Å²) in [4.78, 5) is 16.0. The van der Waals surface area contributed by atoms with E-state index in [4.69, 9.17) is 38.4 Å². The number of fused-ring (bicyclic) bond motifs is 1. The molecule has 168 valence electrons. The molecule has 2 aliphatic heterocycles. The van der Waals surface area contributed by atoms with Crippen LogP contribution < -0.4 is 16.0 Å². The number of pyridine rings is 1. The Labute approximate surface area is 196 Å². The summed E-state index contributed by atoms with van der Waals surface area (Å²) in [5, 5.41) is 10.5. The van der Waals surface area contributed by atoms with Gasteiger partial charge in [-0.15, -0.1) is 0 Å². The quantitative estimate of drug-likeness (QED) is 0.713. The van der Waals surface area contributed by atoms with Crippen molar-refractivity contribution in [3.63, 3.8) is 0 Å². The van der Waals surface area contributed by atoms with Crippen molar-refractivity contribution in [3.05, 3.63) is 72.9 Å². The lowest BCUT2D eigenvalue weighted by Crippen LogP contribution is -2.38. The molecule has 3 heterocycles. The molecule has 0 aliphatic carbocycles. The van der Waals surface area contributed by atoms with Crippen LogP contribution in [0, 0.1) is 18.3 Å². The zero-order chi connectivity index (χ0) is 22.8. The number of nitrogens with two attached hydrogens (primary N) is 1. The maximum Gasteiger partial charge on any atom is 0.258 e. The van der Waals surface area contributed by atoms with Crippen LogP contribution in [0.2, 0.25) is 10.0 Å². The van der Waals surface area contributed by atoms with Gasteiger partial charge >= 0.3 is 0 Å². The lowest BCUT2D eigenvalue weighted by molar-refractivity contribution is 0.0369. The number of halogens is 2. The Balaban J connectivity index is 1.75. The van der Waals surface area contributed by atoms with Gasteiger partial charge in [-0.1, -0.05) is 29.3 Å². The molecule has 1 aromatic carbocycles. The molecule has 2 aromatic rings. The van der Waals surface area contributed by atoms with Gasteiger partial charge in [-0.05, 0) is 25.5 Å². The highest BCUT2D eigenvalue weighted by Crippen LogP contribution is 2.45. The monoisotopic (exact) mass is 474 g/mol. The van der Waals surface area contributed by atoms with Crippen molar-refractivity contribution in [3.8, 4) is 11.8 Å². The highest BCUT2D eigenvalue weighted by molar-refractivity contribution is 6.36. The number of hydrogen-bond donors (Lipinski definition) is 1. The highest BCUT2D eigenvalue weighted by atomic mass is 35.5. The molecule has 0 amide bonds. The van der Waals surface area contributed by atoms with Gasteiger partial charge in [-0.2, -0.15) is 5.26 Å². The van der Waals surface area contributed by atoms with Gasteiger partial charge in [0.15, 0.2) is 0 Å². The second-order valence-corrected chi connectivity index (χ2v) is 8.70. The van der Waals surface area contributed by atoms with Crippen LogP contribution in [0.1, 0.15) is 29.2 Å². The van der Waals surface area contributed by atoms with Crippen LogP contribution in [0.25, 0.3) is 0 Å². The number of nitriles is 1. The molecule has 1 atom stereocenters. The Morgan fingerprint density at radius 3 is 2.53 bits per heavy atom. The molecule has 1 saturated heterocycles. The fraction of sp³-hybridized carbons (Fsp3) is 0.391. The standard InChI is InChI=1S/C23H24Cl2N4O3/c1-14-12-18-21(23(30)29(14)7-3-6-28-8-10-31-11-9-28)19(15(13-26)22(27)32-18)20-16(24)4-2-5-17(20)25/h2,4-5,12,19H,3,6-11,27H2,1H3/t19-/m1/s1. The molecule has 2 aliphatic rings. The topological polar surface area (TPSA) is 93.5 Å². The van der Waals surface area contributed by atoms with Crippen molar-refractivity contribution in [2.24, 2.45) is 5.73 Å². The second-order valence-electron chi connectivity index (χ2n) is 7.89. The Morgan fingerprint density at radius 1 is 1.19 bits per heavy atom. The summed E-state index contributed by atoms with van der Waals surface area (Å²) < 4.78 is 12.8. The molecule has 0 bridgehead atoms. The average Bonchev–Trinajstić information content (AvgIpc) is 2.76. The van der Waals surface area contributed by atoms with Crippen LogP contribution in [0.5, 0.6) is 5.75 Å². The summed E-state index contributed by atoms with van der Waals surface area (Å²) in [5.41, 5.74) is 7.50. The molecule has 1 aromatic heterocycles. The number of rotatable bonds is 5. The predicted octanol–water partition coefficient (Wildman–Crippen LogP) is 3.40. The zero-order valence-electron chi connectivity index (χ0n) is 17.7. The van der Waals surface area contributed by atoms with E-state index < -0.39 is 5.92 Å². The molecule has 0 radical (unpaired) electrons. The summed E-state index contributed by atoms with van der Waals surface area (Å²) >= 11 is 12.9. The summed E-state index contributed by atoms with van der Waals surface area (Å²) in [6.07, 6.45) is 0.807. The molecular formula is C23H24Cl2N4O3. The number of aromatic nitrogens is 1. The third kappa shape index (κ3) is 4.24. The van der Waals surface area contributed by atoms with Crippen LogP contribution in [-0.4, -0.2) is 42.3 Å². The van der Waals surface area contributed by atoms with Crippen molar-refractivity contribution >= 4 is 23.2 Å². The number of aryl methyl sites for hydroxylation is 1.